The Kier molecular flexibility index (Phi) is 4.13. The number of carbonyl (C=O) groups is 2. The predicted octanol–water partition coefficient (Wildman–Crippen LogP) is 0.945. The topological polar surface area (TPSA) is 69.6 Å². The van der Waals surface area contributed by atoms with Crippen molar-refractivity contribution in [3.8, 4) is 0 Å². The van der Waals surface area contributed by atoms with E-state index in [1.54, 1.807) is 6.92 Å². The number of aliphatic carboxylic acids is 1. The molecule has 0 aromatic heterocycles. The van der Waals surface area contributed by atoms with E-state index in [1.807, 2.05) is 4.90 Å². The molecule has 0 bridgehead atoms. The van der Waals surface area contributed by atoms with Gasteiger partial charge in [0, 0.05) is 19.0 Å². The summed E-state index contributed by atoms with van der Waals surface area (Å²) in [5, 5.41) is 12.3. The number of rotatable bonds is 4. The number of hydrogen-bond donors (Lipinski definition) is 2. The van der Waals surface area contributed by atoms with E-state index in [0.29, 0.717) is 13.1 Å². The third kappa shape index (κ3) is 2.61. The van der Waals surface area contributed by atoms with Gasteiger partial charge >= 0.3 is 5.97 Å². The van der Waals surface area contributed by atoms with Crippen molar-refractivity contribution < 1.29 is 14.7 Å². The summed E-state index contributed by atoms with van der Waals surface area (Å²) in [6, 6.07) is 0. The molecule has 0 saturated carbocycles. The van der Waals surface area contributed by atoms with Gasteiger partial charge in [0.05, 0.1) is 11.3 Å². The zero-order valence-electron chi connectivity index (χ0n) is 11.8. The van der Waals surface area contributed by atoms with Gasteiger partial charge in [0.1, 0.15) is 0 Å². The molecule has 2 N–H and O–H groups in total. The van der Waals surface area contributed by atoms with E-state index in [9.17, 15) is 9.59 Å². The number of nitrogens with zero attached hydrogens (tertiary/aromatic N) is 1. The van der Waals surface area contributed by atoms with Crippen molar-refractivity contribution in [2.24, 2.45) is 17.3 Å². The second-order valence-corrected chi connectivity index (χ2v) is 5.98. The number of amides is 1. The maximum atomic E-state index is 12.6. The molecule has 0 aromatic carbocycles. The van der Waals surface area contributed by atoms with E-state index < -0.39 is 5.97 Å². The number of carboxylic acid groups (broad SMARTS) is 1. The van der Waals surface area contributed by atoms with Gasteiger partial charge in [-0.25, -0.2) is 0 Å². The van der Waals surface area contributed by atoms with Crippen LogP contribution in [-0.4, -0.2) is 48.1 Å². The van der Waals surface area contributed by atoms with Crippen LogP contribution in [0.25, 0.3) is 0 Å². The van der Waals surface area contributed by atoms with Crippen molar-refractivity contribution in [3.05, 3.63) is 0 Å². The van der Waals surface area contributed by atoms with E-state index in [1.165, 1.54) is 0 Å². The number of carbonyl (C=O) groups excluding carboxylic acids is 1. The standard InChI is InChI=1S/C14H24N2O3/c1-3-14(4-6-15-7-5-14)13(19)16-8-11(9-16)10(2)12(17)18/h10-11,15H,3-9H2,1-2H3,(H,17,18). The zero-order valence-corrected chi connectivity index (χ0v) is 11.8. The quantitative estimate of drug-likeness (QED) is 0.796. The number of piperidine rings is 1. The van der Waals surface area contributed by atoms with Crippen LogP contribution >= 0.6 is 0 Å². The predicted molar refractivity (Wildman–Crippen MR) is 71.7 cm³/mol. The molecule has 19 heavy (non-hydrogen) atoms. The minimum absolute atomic E-state index is 0.122. The Labute approximate surface area is 114 Å². The van der Waals surface area contributed by atoms with Crippen LogP contribution in [0, 0.1) is 17.3 Å². The van der Waals surface area contributed by atoms with Crippen LogP contribution < -0.4 is 5.32 Å². The highest BCUT2D eigenvalue weighted by atomic mass is 16.4. The zero-order chi connectivity index (χ0) is 14.0. The summed E-state index contributed by atoms with van der Waals surface area (Å²) in [5.74, 6) is -0.749. The first-order valence-electron chi connectivity index (χ1n) is 7.23. The smallest absolute Gasteiger partial charge is 0.306 e. The maximum Gasteiger partial charge on any atom is 0.306 e. The van der Waals surface area contributed by atoms with Crippen LogP contribution in [0.2, 0.25) is 0 Å². The Balaban J connectivity index is 1.93. The average Bonchev–Trinajstić information content (AvgIpc) is 2.37. The SMILES string of the molecule is CCC1(C(=O)N2CC(C(C)C(=O)O)C2)CCNCC1. The van der Waals surface area contributed by atoms with Crippen LogP contribution in [0.3, 0.4) is 0 Å². The Hall–Kier alpha value is -1.10. The van der Waals surface area contributed by atoms with Gasteiger partial charge in [0.25, 0.3) is 0 Å². The van der Waals surface area contributed by atoms with E-state index in [0.717, 1.165) is 32.4 Å². The maximum absolute atomic E-state index is 12.6. The molecular formula is C14H24N2O3. The van der Waals surface area contributed by atoms with Crippen molar-refractivity contribution in [2.45, 2.75) is 33.1 Å². The van der Waals surface area contributed by atoms with Gasteiger partial charge < -0.3 is 15.3 Å². The van der Waals surface area contributed by atoms with Gasteiger partial charge in [-0.05, 0) is 32.4 Å². The van der Waals surface area contributed by atoms with Crippen LogP contribution in [0.5, 0.6) is 0 Å². The molecule has 2 saturated heterocycles. The summed E-state index contributed by atoms with van der Waals surface area (Å²) in [4.78, 5) is 25.4. The van der Waals surface area contributed by atoms with E-state index in [-0.39, 0.29) is 23.2 Å². The molecule has 0 radical (unpaired) electrons. The second kappa shape index (κ2) is 5.49. The molecule has 2 heterocycles. The fourth-order valence-corrected chi connectivity index (χ4v) is 3.16. The lowest BCUT2D eigenvalue weighted by molar-refractivity contribution is -0.157. The highest BCUT2D eigenvalue weighted by molar-refractivity contribution is 5.84. The highest BCUT2D eigenvalue weighted by Gasteiger charge is 2.45. The van der Waals surface area contributed by atoms with Gasteiger partial charge in [-0.3, -0.25) is 9.59 Å². The van der Waals surface area contributed by atoms with E-state index in [4.69, 9.17) is 5.11 Å². The molecule has 1 atom stereocenters. The van der Waals surface area contributed by atoms with Crippen LogP contribution in [0.4, 0.5) is 0 Å². The molecule has 5 nitrogen and oxygen atoms in total. The lowest BCUT2D eigenvalue weighted by Crippen LogP contribution is -2.59. The summed E-state index contributed by atoms with van der Waals surface area (Å²) >= 11 is 0. The Morgan fingerprint density at radius 1 is 1.37 bits per heavy atom. The summed E-state index contributed by atoms with van der Waals surface area (Å²) in [6.45, 7) is 6.85. The fourth-order valence-electron chi connectivity index (χ4n) is 3.16. The summed E-state index contributed by atoms with van der Waals surface area (Å²) in [5.41, 5.74) is -0.206. The first kappa shape index (κ1) is 14.3. The van der Waals surface area contributed by atoms with Gasteiger partial charge in [-0.15, -0.1) is 0 Å². The number of nitrogens with one attached hydrogen (secondary N) is 1. The van der Waals surface area contributed by atoms with Gasteiger partial charge in [-0.2, -0.15) is 0 Å². The lowest BCUT2D eigenvalue weighted by atomic mass is 9.74. The summed E-state index contributed by atoms with van der Waals surface area (Å²) < 4.78 is 0. The molecule has 0 spiro atoms. The molecule has 2 rings (SSSR count). The molecule has 2 aliphatic rings. The van der Waals surface area contributed by atoms with E-state index in [2.05, 4.69) is 12.2 Å². The summed E-state index contributed by atoms with van der Waals surface area (Å²) in [7, 11) is 0. The van der Waals surface area contributed by atoms with Gasteiger partial charge in [0.2, 0.25) is 5.91 Å². The Morgan fingerprint density at radius 3 is 2.42 bits per heavy atom. The number of carboxylic acids is 1. The Morgan fingerprint density at radius 2 is 1.95 bits per heavy atom. The molecule has 0 aromatic rings. The molecular weight excluding hydrogens is 244 g/mol. The van der Waals surface area contributed by atoms with Gasteiger partial charge in [0.15, 0.2) is 0 Å². The molecule has 1 amide bonds. The average molecular weight is 268 g/mol. The third-order valence-electron chi connectivity index (χ3n) is 4.98. The first-order valence-corrected chi connectivity index (χ1v) is 7.23. The fraction of sp³-hybridized carbons (Fsp3) is 0.857. The third-order valence-corrected chi connectivity index (χ3v) is 4.98. The molecule has 2 aliphatic heterocycles. The molecule has 108 valence electrons. The molecule has 2 fully saturated rings. The van der Waals surface area contributed by atoms with Crippen molar-refractivity contribution in [1.29, 1.82) is 0 Å². The van der Waals surface area contributed by atoms with Gasteiger partial charge in [-0.1, -0.05) is 13.8 Å². The van der Waals surface area contributed by atoms with Crippen molar-refractivity contribution in [1.82, 2.24) is 10.2 Å². The van der Waals surface area contributed by atoms with Crippen molar-refractivity contribution in [3.63, 3.8) is 0 Å². The van der Waals surface area contributed by atoms with Crippen LogP contribution in [-0.2, 0) is 9.59 Å². The van der Waals surface area contributed by atoms with Crippen LogP contribution in [0.1, 0.15) is 33.1 Å². The first-order chi connectivity index (χ1) is 9.00. The second-order valence-electron chi connectivity index (χ2n) is 5.98. The van der Waals surface area contributed by atoms with E-state index >= 15 is 0 Å². The minimum Gasteiger partial charge on any atom is -0.481 e. The highest BCUT2D eigenvalue weighted by Crippen LogP contribution is 2.37. The van der Waals surface area contributed by atoms with Crippen LogP contribution in [0.15, 0.2) is 0 Å². The lowest BCUT2D eigenvalue weighted by Gasteiger charge is -2.47. The molecule has 1 unspecified atom stereocenters. The normalized spacial score (nSPS) is 24.6. The minimum atomic E-state index is -0.760. The van der Waals surface area contributed by atoms with Crippen molar-refractivity contribution in [2.75, 3.05) is 26.2 Å². The molecule has 5 heteroatoms. The number of hydrogen-bond acceptors (Lipinski definition) is 3. The van der Waals surface area contributed by atoms with Crippen molar-refractivity contribution >= 4 is 11.9 Å². The monoisotopic (exact) mass is 268 g/mol. The summed E-state index contributed by atoms with van der Waals surface area (Å²) in [6.07, 6.45) is 2.68. The number of likely N-dealkylation sites (tertiary alicyclic amines) is 1. The largest absolute Gasteiger partial charge is 0.481 e. The molecule has 0 aliphatic carbocycles. The Bertz CT molecular complexity index is 358.